The molecule has 2 aromatic rings. The maximum atomic E-state index is 12.7. The third-order valence-electron chi connectivity index (χ3n) is 5.00. The molecule has 0 fully saturated rings. The Balaban J connectivity index is 2.32. The zero-order valence-electron chi connectivity index (χ0n) is 18.3. The van der Waals surface area contributed by atoms with E-state index >= 15 is 0 Å². The number of phenolic OH excluding ortho intramolecular Hbond substituents is 1. The molecule has 0 amide bonds. The lowest BCUT2D eigenvalue weighted by Gasteiger charge is -2.28. The van der Waals surface area contributed by atoms with Gasteiger partial charge >= 0.3 is 0 Å². The number of aryl methyl sites for hydroxylation is 2. The summed E-state index contributed by atoms with van der Waals surface area (Å²) in [5.41, 5.74) is 3.08. The average Bonchev–Trinajstić information content (AvgIpc) is 2.93. The molecule has 1 N–H and O–H groups in total. The normalized spacial score (nSPS) is 13.6. The smallest absolute Gasteiger partial charge is 0.164 e. The first-order valence-electron chi connectivity index (χ1n) is 9.61. The maximum Gasteiger partial charge on any atom is 0.164 e. The first-order valence-corrected chi connectivity index (χ1v) is 11.2. The second-order valence-corrected chi connectivity index (χ2v) is 10.9. The lowest BCUT2D eigenvalue weighted by molar-refractivity contribution is 0.0983. The van der Waals surface area contributed by atoms with Crippen molar-refractivity contribution in [3.05, 3.63) is 46.6 Å². The van der Waals surface area contributed by atoms with Crippen LogP contribution >= 0.6 is 0 Å². The van der Waals surface area contributed by atoms with Gasteiger partial charge in [0.25, 0.3) is 0 Å². The molecule has 4 nitrogen and oxygen atoms in total. The second kappa shape index (κ2) is 7.86. The fourth-order valence-corrected chi connectivity index (χ4v) is 4.12. The quantitative estimate of drug-likeness (QED) is 0.724. The molecule has 28 heavy (non-hydrogen) atoms. The number of ketones is 1. The SMILES string of the molecule is Cn1cc(C(=O)CCc2cc(C(C)(C)C)c(O)c(C(C)(C)C)c2)cc1S(C)=O. The summed E-state index contributed by atoms with van der Waals surface area (Å²) in [6.45, 7) is 12.5. The van der Waals surface area contributed by atoms with Crippen LogP contribution in [0.15, 0.2) is 29.4 Å². The molecule has 5 heteroatoms. The Labute approximate surface area is 171 Å². The Bertz CT molecular complexity index is 876. The summed E-state index contributed by atoms with van der Waals surface area (Å²) in [4.78, 5) is 12.7. The second-order valence-electron chi connectivity index (χ2n) is 9.59. The third kappa shape index (κ3) is 4.93. The molecule has 0 saturated carbocycles. The molecule has 1 atom stereocenters. The van der Waals surface area contributed by atoms with Crippen LogP contribution in [0.25, 0.3) is 0 Å². The van der Waals surface area contributed by atoms with E-state index in [1.165, 1.54) is 0 Å². The van der Waals surface area contributed by atoms with Crippen molar-refractivity contribution in [1.29, 1.82) is 0 Å². The topological polar surface area (TPSA) is 59.3 Å². The number of carbonyl (C=O) groups excluding carboxylic acids is 1. The molecule has 1 unspecified atom stereocenters. The summed E-state index contributed by atoms with van der Waals surface area (Å²) in [5.74, 6) is 0.392. The predicted molar refractivity (Wildman–Crippen MR) is 116 cm³/mol. The molecule has 2 rings (SSSR count). The minimum atomic E-state index is -1.12. The van der Waals surface area contributed by atoms with E-state index in [1.807, 2.05) is 12.1 Å². The standard InChI is InChI=1S/C23H33NO3S/c1-22(2,3)17-11-15(12-18(21(17)26)23(4,5)6)9-10-19(25)16-13-20(28(8)27)24(7)14-16/h11-14,26H,9-10H2,1-8H3. The van der Waals surface area contributed by atoms with Gasteiger partial charge in [0.05, 0.1) is 10.8 Å². The van der Waals surface area contributed by atoms with E-state index in [9.17, 15) is 14.1 Å². The number of aromatic hydroxyl groups is 1. The van der Waals surface area contributed by atoms with Gasteiger partial charge < -0.3 is 9.67 Å². The van der Waals surface area contributed by atoms with Gasteiger partial charge in [-0.15, -0.1) is 0 Å². The lowest BCUT2D eigenvalue weighted by atomic mass is 9.78. The molecule has 1 aromatic carbocycles. The van der Waals surface area contributed by atoms with Gasteiger partial charge in [-0.25, -0.2) is 0 Å². The molecule has 0 aliphatic rings. The summed E-state index contributed by atoms with van der Waals surface area (Å²) >= 11 is 0. The molecule has 0 aliphatic heterocycles. The van der Waals surface area contributed by atoms with Gasteiger partial charge in [0.1, 0.15) is 10.8 Å². The Kier molecular flexibility index (Phi) is 6.29. The Morgan fingerprint density at radius 1 is 1.04 bits per heavy atom. The molecule has 0 spiro atoms. The van der Waals surface area contributed by atoms with Gasteiger partial charge in [-0.3, -0.25) is 9.00 Å². The van der Waals surface area contributed by atoms with Crippen LogP contribution in [0.2, 0.25) is 0 Å². The molecule has 0 aliphatic carbocycles. The van der Waals surface area contributed by atoms with Gasteiger partial charge in [-0.1, -0.05) is 53.7 Å². The van der Waals surface area contributed by atoms with Crippen molar-refractivity contribution in [2.45, 2.75) is 70.2 Å². The number of rotatable bonds is 5. The van der Waals surface area contributed by atoms with Gasteiger partial charge in [-0.05, 0) is 40.0 Å². The zero-order valence-corrected chi connectivity index (χ0v) is 19.2. The van der Waals surface area contributed by atoms with Crippen molar-refractivity contribution in [3.63, 3.8) is 0 Å². The molecular weight excluding hydrogens is 370 g/mol. The number of hydrogen-bond donors (Lipinski definition) is 1. The fourth-order valence-electron chi connectivity index (χ4n) is 3.37. The zero-order chi connectivity index (χ0) is 21.4. The molecule has 1 heterocycles. The van der Waals surface area contributed by atoms with Crippen LogP contribution in [0.1, 0.15) is 75.0 Å². The number of nitrogens with zero attached hydrogens (tertiary/aromatic N) is 1. The molecule has 0 bridgehead atoms. The molecule has 0 saturated heterocycles. The maximum absolute atomic E-state index is 12.7. The summed E-state index contributed by atoms with van der Waals surface area (Å²) in [7, 11) is 0.682. The highest BCUT2D eigenvalue weighted by atomic mass is 32.2. The highest BCUT2D eigenvalue weighted by molar-refractivity contribution is 7.84. The molecule has 0 radical (unpaired) electrons. The Morgan fingerprint density at radius 2 is 1.54 bits per heavy atom. The van der Waals surface area contributed by atoms with Crippen molar-refractivity contribution in [2.75, 3.05) is 6.26 Å². The van der Waals surface area contributed by atoms with Crippen LogP contribution in [-0.2, 0) is 35.1 Å². The largest absolute Gasteiger partial charge is 0.507 e. The van der Waals surface area contributed by atoms with Crippen LogP contribution in [-0.4, -0.2) is 25.9 Å². The third-order valence-corrected chi connectivity index (χ3v) is 6.00. The number of aromatic nitrogens is 1. The summed E-state index contributed by atoms with van der Waals surface area (Å²) in [6, 6.07) is 5.77. The average molecular weight is 404 g/mol. The van der Waals surface area contributed by atoms with E-state index in [1.54, 1.807) is 30.1 Å². The van der Waals surface area contributed by atoms with E-state index in [0.717, 1.165) is 16.7 Å². The number of phenols is 1. The van der Waals surface area contributed by atoms with Gasteiger partial charge in [0.15, 0.2) is 5.78 Å². The first-order chi connectivity index (χ1) is 12.7. The summed E-state index contributed by atoms with van der Waals surface area (Å²) < 4.78 is 13.5. The summed E-state index contributed by atoms with van der Waals surface area (Å²) in [5, 5.41) is 11.5. The van der Waals surface area contributed by atoms with Gasteiger partial charge in [-0.2, -0.15) is 0 Å². The van der Waals surface area contributed by atoms with E-state index in [-0.39, 0.29) is 16.6 Å². The van der Waals surface area contributed by atoms with Crippen LogP contribution < -0.4 is 0 Å². The number of Topliss-reactive ketones (excluding diaryl/α,β-unsaturated/α-hetero) is 1. The van der Waals surface area contributed by atoms with Gasteiger partial charge in [0, 0.05) is 31.5 Å². The highest BCUT2D eigenvalue weighted by Gasteiger charge is 2.26. The van der Waals surface area contributed by atoms with Crippen molar-refractivity contribution in [1.82, 2.24) is 4.57 Å². The van der Waals surface area contributed by atoms with Crippen molar-refractivity contribution in [3.8, 4) is 5.75 Å². The monoisotopic (exact) mass is 403 g/mol. The van der Waals surface area contributed by atoms with Crippen molar-refractivity contribution in [2.24, 2.45) is 7.05 Å². The lowest BCUT2D eigenvalue weighted by Crippen LogP contribution is -2.18. The van der Waals surface area contributed by atoms with E-state index in [0.29, 0.717) is 29.2 Å². The molecular formula is C23H33NO3S. The number of carbonyl (C=O) groups is 1. The Morgan fingerprint density at radius 3 is 1.93 bits per heavy atom. The Hall–Kier alpha value is -1.88. The van der Waals surface area contributed by atoms with Crippen molar-refractivity contribution < 1.29 is 14.1 Å². The van der Waals surface area contributed by atoms with E-state index in [4.69, 9.17) is 0 Å². The van der Waals surface area contributed by atoms with Gasteiger partial charge in [0.2, 0.25) is 0 Å². The summed E-state index contributed by atoms with van der Waals surface area (Å²) in [6.07, 6.45) is 4.33. The minimum absolute atomic E-state index is 0.0370. The van der Waals surface area contributed by atoms with Crippen LogP contribution in [0.5, 0.6) is 5.75 Å². The molecule has 154 valence electrons. The first kappa shape index (κ1) is 22.4. The van der Waals surface area contributed by atoms with Crippen LogP contribution in [0, 0.1) is 0 Å². The number of hydrogen-bond acceptors (Lipinski definition) is 3. The highest BCUT2D eigenvalue weighted by Crippen LogP contribution is 2.40. The van der Waals surface area contributed by atoms with Crippen LogP contribution in [0.3, 0.4) is 0 Å². The predicted octanol–water partition coefficient (Wildman–Crippen LogP) is 4.88. The van der Waals surface area contributed by atoms with E-state index < -0.39 is 10.8 Å². The molecule has 1 aromatic heterocycles. The van der Waals surface area contributed by atoms with E-state index in [2.05, 4.69) is 41.5 Å². The number of benzene rings is 1. The minimum Gasteiger partial charge on any atom is -0.507 e. The van der Waals surface area contributed by atoms with Crippen molar-refractivity contribution >= 4 is 16.6 Å². The van der Waals surface area contributed by atoms with Crippen LogP contribution in [0.4, 0.5) is 0 Å². The fraction of sp³-hybridized carbons (Fsp3) is 0.522.